The maximum absolute atomic E-state index is 14.8. The molecule has 0 radical (unpaired) electrons. The maximum Gasteiger partial charge on any atom is 0.329 e. The maximum atomic E-state index is 14.8. The van der Waals surface area contributed by atoms with Crippen molar-refractivity contribution in [3.63, 3.8) is 0 Å². The number of carbonyl (C=O) groups is 9. The third-order valence-electron chi connectivity index (χ3n) is 13.6. The van der Waals surface area contributed by atoms with E-state index < -0.39 is 139 Å². The number of aromatic hydroxyl groups is 2. The summed E-state index contributed by atoms with van der Waals surface area (Å²) < 4.78 is 5.95. The number of aliphatic hydroxyl groups is 2. The number of phenols is 2. The first-order valence-corrected chi connectivity index (χ1v) is 25.0. The van der Waals surface area contributed by atoms with Crippen molar-refractivity contribution in [1.29, 1.82) is 0 Å². The minimum Gasteiger partial charge on any atom is -0.508 e. The van der Waals surface area contributed by atoms with E-state index in [4.69, 9.17) is 10.5 Å². The number of nitrogens with two attached hydrogens (primary N) is 1. The van der Waals surface area contributed by atoms with Crippen LogP contribution < -0.4 is 32.3 Å². The Morgan fingerprint density at radius 1 is 0.773 bits per heavy atom. The number of fused-ring (bicyclic) bond motifs is 2. The molecule has 0 spiro atoms. The average Bonchev–Trinajstić information content (AvgIpc) is 3.37. The van der Waals surface area contributed by atoms with Crippen molar-refractivity contribution in [2.45, 2.75) is 147 Å². The largest absolute Gasteiger partial charge is 0.508 e. The van der Waals surface area contributed by atoms with Gasteiger partial charge in [0.1, 0.15) is 72.2 Å². The van der Waals surface area contributed by atoms with E-state index in [-0.39, 0.29) is 43.6 Å². The Labute approximate surface area is 435 Å². The van der Waals surface area contributed by atoms with E-state index in [1.54, 1.807) is 58.0 Å². The smallest absolute Gasteiger partial charge is 0.329 e. The lowest BCUT2D eigenvalue weighted by Crippen LogP contribution is -2.66. The molecule has 2 aliphatic rings. The molecule has 2 fully saturated rings. The van der Waals surface area contributed by atoms with Crippen LogP contribution in [0.5, 0.6) is 11.5 Å². The van der Waals surface area contributed by atoms with Gasteiger partial charge < -0.3 is 67.3 Å². The van der Waals surface area contributed by atoms with Crippen molar-refractivity contribution in [3.8, 4) is 11.5 Å². The summed E-state index contributed by atoms with van der Waals surface area (Å²) in [7, 11) is 1.38. The fourth-order valence-electron chi connectivity index (χ4n) is 8.97. The highest BCUT2D eigenvalue weighted by Gasteiger charge is 2.47. The van der Waals surface area contributed by atoms with Crippen LogP contribution in [0.3, 0.4) is 0 Å². The van der Waals surface area contributed by atoms with Crippen LogP contribution in [0.2, 0.25) is 0 Å². The molecule has 2 bridgehead atoms. The predicted octanol–water partition coefficient (Wildman–Crippen LogP) is -0.0401. The van der Waals surface area contributed by atoms with Crippen molar-refractivity contribution in [2.75, 3.05) is 7.05 Å². The highest BCUT2D eigenvalue weighted by Crippen LogP contribution is 2.27. The Balaban J connectivity index is 1.60. The van der Waals surface area contributed by atoms with Crippen molar-refractivity contribution in [2.24, 2.45) is 17.6 Å². The quantitative estimate of drug-likeness (QED) is 0.0843. The zero-order chi connectivity index (χ0) is 55.3. The topological polar surface area (TPSA) is 336 Å². The van der Waals surface area contributed by atoms with E-state index in [9.17, 15) is 63.6 Å². The molecule has 406 valence electrons. The zero-order valence-corrected chi connectivity index (χ0v) is 42.9. The Bertz CT molecular complexity index is 2510. The molecule has 2 heterocycles. The molecular formula is C53H70N8O14. The molecular weight excluding hydrogens is 973 g/mol. The van der Waals surface area contributed by atoms with Crippen LogP contribution >= 0.6 is 0 Å². The van der Waals surface area contributed by atoms with E-state index >= 15 is 0 Å². The summed E-state index contributed by atoms with van der Waals surface area (Å²) in [5.74, 6) is -9.96. The Kier molecular flexibility index (Phi) is 20.7. The van der Waals surface area contributed by atoms with Gasteiger partial charge in [0.2, 0.25) is 47.3 Å². The van der Waals surface area contributed by atoms with Gasteiger partial charge in [0.15, 0.2) is 0 Å². The van der Waals surface area contributed by atoms with E-state index in [0.29, 0.717) is 23.1 Å². The second-order valence-electron chi connectivity index (χ2n) is 19.6. The lowest BCUT2D eigenvalue weighted by Gasteiger charge is -2.44. The first kappa shape index (κ1) is 58.3. The van der Waals surface area contributed by atoms with Gasteiger partial charge in [0.25, 0.3) is 0 Å². The monoisotopic (exact) mass is 1040 g/mol. The molecule has 0 saturated carbocycles. The summed E-state index contributed by atoms with van der Waals surface area (Å²) in [5.41, 5.74) is 6.92. The molecule has 22 heteroatoms. The Hall–Kier alpha value is -7.59. The van der Waals surface area contributed by atoms with Crippen molar-refractivity contribution < 1.29 is 68.3 Å². The minimum absolute atomic E-state index is 0.0588. The second kappa shape index (κ2) is 26.6. The molecule has 2 aliphatic heterocycles. The molecule has 0 unspecified atom stereocenters. The van der Waals surface area contributed by atoms with Gasteiger partial charge in [0.05, 0.1) is 0 Å². The molecule has 0 aromatic heterocycles. The molecule has 5 rings (SSSR count). The van der Waals surface area contributed by atoms with Gasteiger partial charge in [-0.1, -0.05) is 88.7 Å². The minimum atomic E-state index is -1.91. The summed E-state index contributed by atoms with van der Waals surface area (Å²) in [6.07, 6.45) is -6.26. The number of benzene rings is 3. The highest BCUT2D eigenvalue weighted by molar-refractivity contribution is 5.98. The third kappa shape index (κ3) is 15.7. The number of esters is 1. The van der Waals surface area contributed by atoms with Crippen molar-refractivity contribution >= 4 is 53.2 Å². The molecule has 3 aromatic carbocycles. The van der Waals surface area contributed by atoms with E-state index in [1.165, 1.54) is 62.5 Å². The summed E-state index contributed by atoms with van der Waals surface area (Å²) in [5, 5.41) is 55.0. The SMILES string of the molecule is CC[C@H](C)[C@@H]1NC(=O)[C@H](Cc2ccccc2)N(C)C(=O)[C@H](C(C)C)N2C(=O)[C@H](CC[C@H]2O)NC(=O)[C@H](Cc2ccc(O)cc2)NC(=O)[C@@H](NC(=O)[C@H](CCC(N)=O)NC(=O)[C@H](O)Cc2ccc(O)cc2)[C@@H](C)OC1=O. The number of cyclic esters (lactones) is 1. The average molecular weight is 1040 g/mol. The van der Waals surface area contributed by atoms with Crippen LogP contribution in [0.15, 0.2) is 78.9 Å². The first-order valence-electron chi connectivity index (χ1n) is 25.0. The highest BCUT2D eigenvalue weighted by atomic mass is 16.5. The number of phenolic OH excluding ortho intramolecular Hbond substituents is 2. The number of likely N-dealkylation sites (N-methyl/N-ethyl adjacent to an activating group) is 1. The number of hydrogen-bond donors (Lipinski definition) is 10. The molecule has 22 nitrogen and oxygen atoms in total. The van der Waals surface area contributed by atoms with E-state index in [0.717, 1.165) is 9.80 Å². The molecule has 8 amide bonds. The van der Waals surface area contributed by atoms with Gasteiger partial charge in [-0.25, -0.2) is 4.79 Å². The van der Waals surface area contributed by atoms with Gasteiger partial charge in [-0.3, -0.25) is 38.4 Å². The number of carbonyl (C=O) groups excluding carboxylic acids is 9. The lowest BCUT2D eigenvalue weighted by atomic mass is 9.93. The molecule has 75 heavy (non-hydrogen) atoms. The fourth-order valence-corrected chi connectivity index (χ4v) is 8.97. The number of ether oxygens (including phenoxy) is 1. The molecule has 11 N–H and O–H groups in total. The van der Waals surface area contributed by atoms with Gasteiger partial charge in [-0.05, 0) is 79.0 Å². The van der Waals surface area contributed by atoms with Crippen LogP contribution in [0.25, 0.3) is 0 Å². The Morgan fingerprint density at radius 2 is 1.37 bits per heavy atom. The summed E-state index contributed by atoms with van der Waals surface area (Å²) in [4.78, 5) is 130. The number of primary amides is 1. The molecule has 0 aliphatic carbocycles. The first-order chi connectivity index (χ1) is 35.5. The standard InChI is InChI=1S/C53H70N8O14/c1-7-29(4)43-53(74)75-30(5)44(59-46(67)36(21-23-41(54)65)55-49(70)40(64)27-33-15-19-35(63)20-16-33)50(71)57-38(25-32-13-17-34(62)18-14-32)47(68)56-37-22-24-42(66)61(51(37)72)45(28(2)3)52(73)60(6)39(48(69)58-43)26-31-11-9-8-10-12-31/h8-20,28-30,36-40,42-45,62-64,66H,7,21-27H2,1-6H3,(H2,54,65)(H,55,70)(H,56,68)(H,57,71)(H,58,69)(H,59,67)/t29-,30+,36-,37-,38-,39-,40+,42+,43-,44-,45-/m0/s1. The number of piperidine rings is 1. The molecule has 3 aromatic rings. The van der Waals surface area contributed by atoms with E-state index in [2.05, 4.69) is 26.6 Å². The van der Waals surface area contributed by atoms with Crippen LogP contribution in [-0.2, 0) is 67.2 Å². The number of rotatable bonds is 16. The van der Waals surface area contributed by atoms with Gasteiger partial charge >= 0.3 is 5.97 Å². The number of nitrogens with one attached hydrogen (secondary N) is 5. The van der Waals surface area contributed by atoms with Crippen molar-refractivity contribution in [3.05, 3.63) is 95.6 Å². The van der Waals surface area contributed by atoms with Crippen molar-refractivity contribution in [1.82, 2.24) is 36.4 Å². The molecule has 11 atom stereocenters. The fraction of sp³-hybridized carbons (Fsp3) is 0.491. The predicted molar refractivity (Wildman–Crippen MR) is 270 cm³/mol. The molecule has 2 saturated heterocycles. The summed E-state index contributed by atoms with van der Waals surface area (Å²) in [6, 6.07) is 9.38. The van der Waals surface area contributed by atoms with Gasteiger partial charge in [-0.2, -0.15) is 0 Å². The summed E-state index contributed by atoms with van der Waals surface area (Å²) in [6.45, 7) is 7.98. The third-order valence-corrected chi connectivity index (χ3v) is 13.6. The van der Waals surface area contributed by atoms with Crippen LogP contribution in [0.1, 0.15) is 83.4 Å². The Morgan fingerprint density at radius 3 is 1.96 bits per heavy atom. The number of nitrogens with zero attached hydrogens (tertiary/aromatic N) is 2. The normalized spacial score (nSPS) is 24.5. The van der Waals surface area contributed by atoms with E-state index in [1.807, 2.05) is 0 Å². The second-order valence-corrected chi connectivity index (χ2v) is 19.6. The lowest BCUT2D eigenvalue weighted by molar-refractivity contribution is -0.167. The van der Waals surface area contributed by atoms with Crippen LogP contribution in [0, 0.1) is 11.8 Å². The number of aliphatic hydroxyl groups excluding tert-OH is 2. The summed E-state index contributed by atoms with van der Waals surface area (Å²) >= 11 is 0. The number of amides is 8. The van der Waals surface area contributed by atoms with Crippen LogP contribution in [0.4, 0.5) is 0 Å². The number of hydrogen-bond acceptors (Lipinski definition) is 14. The van der Waals surface area contributed by atoms with Gasteiger partial charge in [-0.15, -0.1) is 0 Å². The van der Waals surface area contributed by atoms with Crippen LogP contribution in [-0.4, -0.2) is 151 Å². The van der Waals surface area contributed by atoms with Gasteiger partial charge in [0, 0.05) is 32.7 Å². The zero-order valence-electron chi connectivity index (χ0n) is 42.9.